The van der Waals surface area contributed by atoms with Crippen molar-refractivity contribution < 1.29 is 19.1 Å². The Kier molecular flexibility index (Phi) is 9.26. The van der Waals surface area contributed by atoms with Gasteiger partial charge in [0.1, 0.15) is 11.5 Å². The summed E-state index contributed by atoms with van der Waals surface area (Å²) in [6.07, 6.45) is 0.889. The first-order valence-corrected chi connectivity index (χ1v) is 12.4. The van der Waals surface area contributed by atoms with E-state index < -0.39 is 11.8 Å². The molecule has 0 radical (unpaired) electrons. The summed E-state index contributed by atoms with van der Waals surface area (Å²) in [6.45, 7) is 3.72. The molecule has 3 rings (SSSR count). The van der Waals surface area contributed by atoms with Gasteiger partial charge in [0, 0.05) is 10.0 Å². The molecule has 1 unspecified atom stereocenters. The quantitative estimate of drug-likeness (QED) is 0.251. The number of fused-ring (bicyclic) bond motifs is 1. The van der Waals surface area contributed by atoms with Crippen molar-refractivity contribution in [2.75, 3.05) is 6.61 Å². The Bertz CT molecular complexity index is 1220. The minimum absolute atomic E-state index is 0.0379. The van der Waals surface area contributed by atoms with E-state index in [1.54, 1.807) is 30.3 Å². The van der Waals surface area contributed by atoms with Gasteiger partial charge in [0.15, 0.2) is 11.7 Å². The molecule has 0 heterocycles. The summed E-state index contributed by atoms with van der Waals surface area (Å²) < 4.78 is 13.1. The van der Waals surface area contributed by atoms with Gasteiger partial charge in [-0.15, -0.1) is 0 Å². The lowest BCUT2D eigenvalue weighted by molar-refractivity contribution is -0.123. The Balaban J connectivity index is 1.48. The highest BCUT2D eigenvalue weighted by atomic mass is 79.9. The van der Waals surface area contributed by atoms with Crippen LogP contribution in [0, 0.1) is 0 Å². The zero-order valence-corrected chi connectivity index (χ0v) is 22.5. The lowest BCUT2D eigenvalue weighted by Gasteiger charge is -2.14. The molecule has 0 aliphatic carbocycles. The van der Waals surface area contributed by atoms with E-state index in [2.05, 4.69) is 48.0 Å². The van der Waals surface area contributed by atoms with E-state index in [4.69, 9.17) is 21.7 Å². The van der Waals surface area contributed by atoms with Crippen LogP contribution >= 0.6 is 44.1 Å². The van der Waals surface area contributed by atoms with E-state index in [1.807, 2.05) is 38.1 Å². The molecular formula is C24H23Br2N3O4S. The molecule has 34 heavy (non-hydrogen) atoms. The fourth-order valence-electron chi connectivity index (χ4n) is 2.89. The molecule has 0 fully saturated rings. The van der Waals surface area contributed by atoms with Gasteiger partial charge in [-0.1, -0.05) is 41.1 Å². The molecule has 0 saturated carbocycles. The molecule has 10 heteroatoms. The molecule has 1 atom stereocenters. The predicted octanol–water partition coefficient (Wildman–Crippen LogP) is 5.26. The Morgan fingerprint density at radius 1 is 1.06 bits per heavy atom. The third-order valence-corrected chi connectivity index (χ3v) is 6.31. The SMILES string of the molecule is CCC(C)Oc1cccc(C(=O)NC(=S)NNC(=O)COc2ccc3cc(Br)ccc3c2Br)c1. The van der Waals surface area contributed by atoms with Crippen LogP contribution in [-0.2, 0) is 4.79 Å². The Labute approximate surface area is 219 Å². The molecule has 7 nitrogen and oxygen atoms in total. The van der Waals surface area contributed by atoms with Gasteiger partial charge in [0.05, 0.1) is 10.6 Å². The highest BCUT2D eigenvalue weighted by Crippen LogP contribution is 2.34. The van der Waals surface area contributed by atoms with Gasteiger partial charge < -0.3 is 9.47 Å². The van der Waals surface area contributed by atoms with Crippen LogP contribution in [-0.4, -0.2) is 29.6 Å². The fraction of sp³-hybridized carbons (Fsp3) is 0.208. The third kappa shape index (κ3) is 7.15. The first-order valence-electron chi connectivity index (χ1n) is 10.4. The number of rotatable bonds is 7. The van der Waals surface area contributed by atoms with Gasteiger partial charge in [-0.2, -0.15) is 0 Å². The highest BCUT2D eigenvalue weighted by Gasteiger charge is 2.12. The average molecular weight is 609 g/mol. The van der Waals surface area contributed by atoms with Crippen LogP contribution in [0.15, 0.2) is 63.5 Å². The Morgan fingerprint density at radius 2 is 1.85 bits per heavy atom. The summed E-state index contributed by atoms with van der Waals surface area (Å²) >= 11 is 12.1. The zero-order chi connectivity index (χ0) is 24.7. The smallest absolute Gasteiger partial charge is 0.276 e. The van der Waals surface area contributed by atoms with Gasteiger partial charge in [-0.25, -0.2) is 0 Å². The lowest BCUT2D eigenvalue weighted by Crippen LogP contribution is -2.49. The van der Waals surface area contributed by atoms with Crippen molar-refractivity contribution in [3.05, 3.63) is 69.1 Å². The maximum absolute atomic E-state index is 12.4. The molecule has 0 aliphatic heterocycles. The molecule has 0 aromatic heterocycles. The second-order valence-electron chi connectivity index (χ2n) is 7.35. The molecule has 0 saturated heterocycles. The van der Waals surface area contributed by atoms with Gasteiger partial charge in [0.25, 0.3) is 11.8 Å². The number of carbonyl (C=O) groups excluding carboxylic acids is 2. The molecule has 0 bridgehead atoms. The van der Waals surface area contributed by atoms with Crippen molar-refractivity contribution in [3.8, 4) is 11.5 Å². The van der Waals surface area contributed by atoms with E-state index in [0.717, 1.165) is 26.1 Å². The summed E-state index contributed by atoms with van der Waals surface area (Å²) in [7, 11) is 0. The van der Waals surface area contributed by atoms with E-state index in [1.165, 1.54) is 0 Å². The summed E-state index contributed by atoms with van der Waals surface area (Å²) in [5.41, 5.74) is 5.28. The molecule has 3 aromatic rings. The number of ether oxygens (including phenoxy) is 2. The molecule has 0 aliphatic rings. The maximum atomic E-state index is 12.4. The monoisotopic (exact) mass is 607 g/mol. The van der Waals surface area contributed by atoms with Crippen molar-refractivity contribution in [2.45, 2.75) is 26.4 Å². The maximum Gasteiger partial charge on any atom is 0.276 e. The first-order chi connectivity index (χ1) is 16.3. The van der Waals surface area contributed by atoms with Crippen LogP contribution in [0.4, 0.5) is 0 Å². The van der Waals surface area contributed by atoms with E-state index in [-0.39, 0.29) is 17.8 Å². The number of hydrogen-bond acceptors (Lipinski definition) is 5. The van der Waals surface area contributed by atoms with Crippen molar-refractivity contribution in [3.63, 3.8) is 0 Å². The second kappa shape index (κ2) is 12.1. The summed E-state index contributed by atoms with van der Waals surface area (Å²) in [5, 5.41) is 4.45. The predicted molar refractivity (Wildman–Crippen MR) is 143 cm³/mol. The Morgan fingerprint density at radius 3 is 2.62 bits per heavy atom. The molecule has 0 spiro atoms. The lowest BCUT2D eigenvalue weighted by atomic mass is 10.1. The third-order valence-electron chi connectivity index (χ3n) is 4.79. The fourth-order valence-corrected chi connectivity index (χ4v) is 4.02. The first kappa shape index (κ1) is 25.9. The van der Waals surface area contributed by atoms with Crippen LogP contribution < -0.4 is 25.6 Å². The van der Waals surface area contributed by atoms with Crippen molar-refractivity contribution in [1.82, 2.24) is 16.2 Å². The van der Waals surface area contributed by atoms with Crippen molar-refractivity contribution in [1.29, 1.82) is 0 Å². The summed E-state index contributed by atoms with van der Waals surface area (Å²) in [4.78, 5) is 24.6. The standard InChI is InChI=1S/C24H23Br2N3O4S/c1-3-14(2)33-18-6-4-5-16(12-18)23(31)27-24(34)29-28-21(30)13-32-20-10-7-15-11-17(25)8-9-19(15)22(20)26/h4-12,14H,3,13H2,1-2H3,(H,28,30)(H2,27,29,31,34). The molecule has 3 N–H and O–H groups in total. The van der Waals surface area contributed by atoms with E-state index in [0.29, 0.717) is 17.1 Å². The number of benzene rings is 3. The van der Waals surface area contributed by atoms with Crippen LogP contribution in [0.2, 0.25) is 0 Å². The largest absolute Gasteiger partial charge is 0.491 e. The number of hydrogen-bond donors (Lipinski definition) is 3. The van der Waals surface area contributed by atoms with Gasteiger partial charge in [-0.05, 0) is 88.7 Å². The molecule has 3 aromatic carbocycles. The molecule has 178 valence electrons. The molecular weight excluding hydrogens is 586 g/mol. The summed E-state index contributed by atoms with van der Waals surface area (Å²) in [5.74, 6) is 0.229. The van der Waals surface area contributed by atoms with Gasteiger partial charge >= 0.3 is 0 Å². The van der Waals surface area contributed by atoms with E-state index in [9.17, 15) is 9.59 Å². The highest BCUT2D eigenvalue weighted by molar-refractivity contribution is 9.11. The van der Waals surface area contributed by atoms with Crippen LogP contribution in [0.3, 0.4) is 0 Å². The number of halogens is 2. The zero-order valence-electron chi connectivity index (χ0n) is 18.5. The van der Waals surface area contributed by atoms with Crippen molar-refractivity contribution in [2.24, 2.45) is 0 Å². The topological polar surface area (TPSA) is 88.7 Å². The minimum atomic E-state index is -0.469. The van der Waals surface area contributed by atoms with Crippen LogP contribution in [0.1, 0.15) is 30.6 Å². The summed E-state index contributed by atoms with van der Waals surface area (Å²) in [6, 6.07) is 16.4. The normalized spacial score (nSPS) is 11.4. The number of thiocarbonyl (C=S) groups is 1. The van der Waals surface area contributed by atoms with Crippen molar-refractivity contribution >= 4 is 71.8 Å². The number of nitrogens with one attached hydrogen (secondary N) is 3. The average Bonchev–Trinajstić information content (AvgIpc) is 2.82. The number of amides is 2. The minimum Gasteiger partial charge on any atom is -0.491 e. The number of carbonyl (C=O) groups is 2. The van der Waals surface area contributed by atoms with E-state index >= 15 is 0 Å². The second-order valence-corrected chi connectivity index (χ2v) is 9.47. The Hall–Kier alpha value is -2.69. The van der Waals surface area contributed by atoms with Gasteiger partial charge in [-0.3, -0.25) is 25.8 Å². The van der Waals surface area contributed by atoms with Crippen LogP contribution in [0.5, 0.6) is 11.5 Å². The number of hydrazine groups is 1. The van der Waals surface area contributed by atoms with Gasteiger partial charge in [0.2, 0.25) is 0 Å². The van der Waals surface area contributed by atoms with Crippen LogP contribution in [0.25, 0.3) is 10.8 Å². The molecule has 2 amide bonds.